The number of hydrogen-bond acceptors (Lipinski definition) is 5. The lowest BCUT2D eigenvalue weighted by Crippen LogP contribution is -2.15. The molecule has 28 heavy (non-hydrogen) atoms. The third-order valence-electron chi connectivity index (χ3n) is 4.31. The molecule has 0 spiro atoms. The molecule has 1 N–H and O–H groups in total. The fourth-order valence-corrected chi connectivity index (χ4v) is 3.80. The van der Waals surface area contributed by atoms with Gasteiger partial charge >= 0.3 is 5.97 Å². The molecule has 4 aromatic rings. The smallest absolute Gasteiger partial charge is 0.358 e. The summed E-state index contributed by atoms with van der Waals surface area (Å²) in [5, 5.41) is 2.93. The number of ether oxygens (including phenoxy) is 1. The molecule has 0 aliphatic rings. The lowest BCUT2D eigenvalue weighted by Gasteiger charge is -2.03. The summed E-state index contributed by atoms with van der Waals surface area (Å²) >= 11 is 1.25. The molecule has 0 fully saturated rings. The van der Waals surface area contributed by atoms with Gasteiger partial charge in [0.25, 0.3) is 0 Å². The first-order valence-corrected chi connectivity index (χ1v) is 9.40. The highest BCUT2D eigenvalue weighted by molar-refractivity contribution is 7.13. The van der Waals surface area contributed by atoms with Gasteiger partial charge in [-0.3, -0.25) is 4.79 Å². The first kappa shape index (κ1) is 18.1. The van der Waals surface area contributed by atoms with Gasteiger partial charge in [-0.1, -0.05) is 18.2 Å². The third kappa shape index (κ3) is 3.44. The molecule has 0 radical (unpaired) electrons. The molecule has 2 heterocycles. The van der Waals surface area contributed by atoms with Crippen LogP contribution < -0.4 is 0 Å². The Morgan fingerprint density at radius 2 is 1.89 bits per heavy atom. The third-order valence-corrected chi connectivity index (χ3v) is 5.20. The molecule has 0 unspecified atom stereocenters. The summed E-state index contributed by atoms with van der Waals surface area (Å²) in [6.07, 6.45) is 0. The second kappa shape index (κ2) is 7.36. The minimum Gasteiger partial charge on any atom is -0.453 e. The number of rotatable bonds is 5. The van der Waals surface area contributed by atoms with E-state index in [0.717, 1.165) is 16.6 Å². The van der Waals surface area contributed by atoms with Crippen molar-refractivity contribution in [3.63, 3.8) is 0 Å². The summed E-state index contributed by atoms with van der Waals surface area (Å²) in [4.78, 5) is 32.2. The van der Waals surface area contributed by atoms with Crippen molar-refractivity contribution < 1.29 is 18.7 Å². The number of aryl methyl sites for hydroxylation is 1. The van der Waals surface area contributed by atoms with Crippen LogP contribution in [0.1, 0.15) is 26.5 Å². The van der Waals surface area contributed by atoms with Gasteiger partial charge in [-0.05, 0) is 37.3 Å². The Morgan fingerprint density at radius 1 is 1.14 bits per heavy atom. The van der Waals surface area contributed by atoms with E-state index in [2.05, 4.69) is 9.97 Å². The summed E-state index contributed by atoms with van der Waals surface area (Å²) in [6, 6.07) is 13.3. The number of aromatic amines is 1. The highest BCUT2D eigenvalue weighted by Gasteiger charge is 2.19. The van der Waals surface area contributed by atoms with E-state index in [4.69, 9.17) is 4.74 Å². The number of H-pyrrole nitrogens is 1. The van der Waals surface area contributed by atoms with Crippen molar-refractivity contribution in [2.75, 3.05) is 6.61 Å². The number of Topliss-reactive ketones (excluding diaryl/α,β-unsaturated/α-hetero) is 1. The largest absolute Gasteiger partial charge is 0.453 e. The van der Waals surface area contributed by atoms with Crippen LogP contribution in [0, 0.1) is 12.7 Å². The van der Waals surface area contributed by atoms with Crippen molar-refractivity contribution >= 4 is 34.0 Å². The lowest BCUT2D eigenvalue weighted by atomic mass is 10.1. The van der Waals surface area contributed by atoms with Crippen molar-refractivity contribution in [2.45, 2.75) is 6.92 Å². The zero-order valence-corrected chi connectivity index (χ0v) is 15.7. The predicted octanol–water partition coefficient (Wildman–Crippen LogP) is 4.78. The number of thiazole rings is 1. The molecule has 5 nitrogen and oxygen atoms in total. The number of hydrogen-bond donors (Lipinski definition) is 1. The van der Waals surface area contributed by atoms with Gasteiger partial charge in [-0.15, -0.1) is 11.3 Å². The summed E-state index contributed by atoms with van der Waals surface area (Å²) in [6.45, 7) is 1.44. The van der Waals surface area contributed by atoms with Crippen molar-refractivity contribution in [3.8, 4) is 10.6 Å². The monoisotopic (exact) mass is 394 g/mol. The van der Waals surface area contributed by atoms with Crippen LogP contribution in [0.25, 0.3) is 21.5 Å². The van der Waals surface area contributed by atoms with Crippen LogP contribution in [0.4, 0.5) is 4.39 Å². The van der Waals surface area contributed by atoms with E-state index < -0.39 is 5.97 Å². The zero-order chi connectivity index (χ0) is 19.7. The highest BCUT2D eigenvalue weighted by Crippen LogP contribution is 2.25. The number of nitrogens with zero attached hydrogens (tertiary/aromatic N) is 1. The van der Waals surface area contributed by atoms with E-state index in [1.807, 2.05) is 31.2 Å². The fraction of sp³-hybridized carbons (Fsp3) is 0.0952. The molecule has 0 saturated heterocycles. The maximum absolute atomic E-state index is 13.0. The first-order valence-electron chi connectivity index (χ1n) is 8.52. The molecule has 140 valence electrons. The van der Waals surface area contributed by atoms with Gasteiger partial charge in [0.2, 0.25) is 5.78 Å². The van der Waals surface area contributed by atoms with Gasteiger partial charge in [0, 0.05) is 33.1 Å². The Morgan fingerprint density at radius 3 is 2.68 bits per heavy atom. The number of aromatic nitrogens is 2. The number of benzene rings is 2. The summed E-state index contributed by atoms with van der Waals surface area (Å²) in [5.41, 5.74) is 2.94. The van der Waals surface area contributed by atoms with Crippen molar-refractivity contribution in [3.05, 3.63) is 76.7 Å². The number of carbonyl (C=O) groups excluding carboxylic acids is 2. The number of halogens is 1. The van der Waals surface area contributed by atoms with E-state index >= 15 is 0 Å². The summed E-state index contributed by atoms with van der Waals surface area (Å²) in [7, 11) is 0. The van der Waals surface area contributed by atoms with Crippen LogP contribution in [0.3, 0.4) is 0 Å². The first-order chi connectivity index (χ1) is 13.5. The van der Waals surface area contributed by atoms with Gasteiger partial charge in [0.1, 0.15) is 10.8 Å². The molecule has 2 aromatic carbocycles. The molecular formula is C21H15FN2O3S. The molecule has 0 saturated carbocycles. The molecule has 0 aliphatic carbocycles. The van der Waals surface area contributed by atoms with Crippen molar-refractivity contribution in [2.24, 2.45) is 0 Å². The van der Waals surface area contributed by atoms with Gasteiger partial charge in [-0.2, -0.15) is 0 Å². The molecule has 4 rings (SSSR count). The minimum absolute atomic E-state index is 0.118. The van der Waals surface area contributed by atoms with E-state index in [9.17, 15) is 14.0 Å². The quantitative estimate of drug-likeness (QED) is 0.391. The molecular weight excluding hydrogens is 379 g/mol. The Hall–Kier alpha value is -3.32. The van der Waals surface area contributed by atoms with Crippen LogP contribution in [0.5, 0.6) is 0 Å². The molecule has 0 aliphatic heterocycles. The molecule has 7 heteroatoms. The normalized spacial score (nSPS) is 10.9. The van der Waals surface area contributed by atoms with E-state index in [1.165, 1.54) is 23.5 Å². The Balaban J connectivity index is 1.46. The second-order valence-corrected chi connectivity index (χ2v) is 7.07. The van der Waals surface area contributed by atoms with Crippen LogP contribution >= 0.6 is 11.3 Å². The average molecular weight is 394 g/mol. The zero-order valence-electron chi connectivity index (χ0n) is 14.9. The van der Waals surface area contributed by atoms with Crippen molar-refractivity contribution in [1.82, 2.24) is 9.97 Å². The minimum atomic E-state index is -0.671. The number of nitrogens with one attached hydrogen (secondary N) is 1. The number of ketones is 1. The van der Waals surface area contributed by atoms with Gasteiger partial charge in [0.05, 0.1) is 0 Å². The lowest BCUT2D eigenvalue weighted by molar-refractivity contribution is 0.0470. The second-order valence-electron chi connectivity index (χ2n) is 6.21. The number of para-hydroxylation sites is 1. The summed E-state index contributed by atoms with van der Waals surface area (Å²) in [5.74, 6) is -1.29. The van der Waals surface area contributed by atoms with Crippen LogP contribution in [0.2, 0.25) is 0 Å². The van der Waals surface area contributed by atoms with Gasteiger partial charge in [-0.25, -0.2) is 14.2 Å². The molecule has 0 atom stereocenters. The van der Waals surface area contributed by atoms with Crippen LogP contribution in [-0.4, -0.2) is 28.3 Å². The van der Waals surface area contributed by atoms with Crippen LogP contribution in [-0.2, 0) is 4.74 Å². The standard InChI is InChI=1S/C21H15FN2O3S/c1-12-19(15-4-2-3-5-16(15)23-12)18(25)10-27-21(26)17-11-28-20(24-17)13-6-8-14(22)9-7-13/h2-9,11,23H,10H2,1H3. The van der Waals surface area contributed by atoms with E-state index in [0.29, 0.717) is 16.1 Å². The average Bonchev–Trinajstić information content (AvgIpc) is 3.30. The molecule has 0 amide bonds. The summed E-state index contributed by atoms with van der Waals surface area (Å²) < 4.78 is 18.2. The Labute approximate surface area is 163 Å². The maximum Gasteiger partial charge on any atom is 0.358 e. The predicted molar refractivity (Wildman–Crippen MR) is 105 cm³/mol. The van der Waals surface area contributed by atoms with Crippen LogP contribution in [0.15, 0.2) is 53.9 Å². The SMILES string of the molecule is Cc1[nH]c2ccccc2c1C(=O)COC(=O)c1csc(-c2ccc(F)cc2)n1. The van der Waals surface area contributed by atoms with E-state index in [-0.39, 0.29) is 23.9 Å². The maximum atomic E-state index is 13.0. The molecule has 2 aromatic heterocycles. The Kier molecular flexibility index (Phi) is 4.75. The Bertz CT molecular complexity index is 1180. The van der Waals surface area contributed by atoms with Gasteiger partial charge < -0.3 is 9.72 Å². The topological polar surface area (TPSA) is 72.1 Å². The number of fused-ring (bicyclic) bond motifs is 1. The van der Waals surface area contributed by atoms with E-state index in [1.54, 1.807) is 17.5 Å². The number of carbonyl (C=O) groups is 2. The number of esters is 1. The van der Waals surface area contributed by atoms with Crippen molar-refractivity contribution in [1.29, 1.82) is 0 Å². The fourth-order valence-electron chi connectivity index (χ4n) is 3.01. The molecule has 0 bridgehead atoms. The highest BCUT2D eigenvalue weighted by atomic mass is 32.1. The van der Waals surface area contributed by atoms with Gasteiger partial charge in [0.15, 0.2) is 12.3 Å².